The van der Waals surface area contributed by atoms with Crippen molar-refractivity contribution < 1.29 is 19.1 Å². The highest BCUT2D eigenvalue weighted by atomic mass is 16.6. The van der Waals surface area contributed by atoms with Crippen molar-refractivity contribution in [3.63, 3.8) is 0 Å². The number of carbonyl (C=O) groups excluding carboxylic acids is 3. The number of hydrogen-bond acceptors (Lipinski definition) is 4. The molecule has 26 heavy (non-hydrogen) atoms. The van der Waals surface area contributed by atoms with Crippen LogP contribution in [0, 0.1) is 5.92 Å². The van der Waals surface area contributed by atoms with Crippen LogP contribution in [0.1, 0.15) is 60.3 Å². The summed E-state index contributed by atoms with van der Waals surface area (Å²) in [5.74, 6) is -0.208. The Hall–Kier alpha value is -2.05. The van der Waals surface area contributed by atoms with Crippen LogP contribution in [-0.2, 0) is 14.3 Å². The van der Waals surface area contributed by atoms with Gasteiger partial charge in [-0.1, -0.05) is 26.0 Å². The molecular weight excluding hydrogens is 334 g/mol. The zero-order valence-electron chi connectivity index (χ0n) is 16.6. The molecule has 0 radical (unpaired) electrons. The lowest BCUT2D eigenvalue weighted by Gasteiger charge is -2.23. The molecule has 3 amide bonds. The minimum Gasteiger partial charge on any atom is -0.444 e. The molecule has 0 aromatic carbocycles. The van der Waals surface area contributed by atoms with Gasteiger partial charge in [0.05, 0.1) is 6.04 Å². The van der Waals surface area contributed by atoms with Crippen LogP contribution in [0.15, 0.2) is 12.2 Å². The number of likely N-dealkylation sites (tertiary alicyclic amines) is 1. The van der Waals surface area contributed by atoms with Crippen LogP contribution in [0.5, 0.6) is 0 Å². The molecule has 3 N–H and O–H groups in total. The number of alkyl carbamates (subject to hydrolysis) is 1. The zero-order valence-corrected chi connectivity index (χ0v) is 16.6. The molecule has 0 saturated carbocycles. The Morgan fingerprint density at radius 1 is 1.31 bits per heavy atom. The topological polar surface area (TPSA) is 102 Å². The predicted octanol–water partition coefficient (Wildman–Crippen LogP) is 2.35. The molecule has 2 atom stereocenters. The molecule has 0 aromatic heterocycles. The second-order valence-corrected chi connectivity index (χ2v) is 8.16. The Balaban J connectivity index is 2.62. The molecule has 0 aromatic rings. The molecule has 7 heteroatoms. The van der Waals surface area contributed by atoms with Crippen LogP contribution in [-0.4, -0.2) is 47.0 Å². The summed E-state index contributed by atoms with van der Waals surface area (Å²) in [7, 11) is 0. The van der Waals surface area contributed by atoms with Gasteiger partial charge in [-0.2, -0.15) is 0 Å². The summed E-state index contributed by atoms with van der Waals surface area (Å²) in [6.07, 6.45) is 5.40. The molecule has 1 saturated heterocycles. The van der Waals surface area contributed by atoms with Crippen molar-refractivity contribution in [1.82, 2.24) is 10.2 Å². The molecule has 0 aliphatic carbocycles. The Morgan fingerprint density at radius 2 is 1.96 bits per heavy atom. The third-order valence-electron chi connectivity index (χ3n) is 3.99. The summed E-state index contributed by atoms with van der Waals surface area (Å²) in [4.78, 5) is 37.3. The highest BCUT2D eigenvalue weighted by molar-refractivity contribution is 5.87. The number of carbonyl (C=O) groups is 3. The maximum absolute atomic E-state index is 12.3. The second kappa shape index (κ2) is 9.59. The Kier molecular flexibility index (Phi) is 8.11. The van der Waals surface area contributed by atoms with Crippen LogP contribution in [0.25, 0.3) is 0 Å². The number of hydrogen-bond donors (Lipinski definition) is 2. The second-order valence-electron chi connectivity index (χ2n) is 8.16. The van der Waals surface area contributed by atoms with Crippen LogP contribution in [0.3, 0.4) is 0 Å². The molecule has 0 spiro atoms. The molecule has 0 unspecified atom stereocenters. The van der Waals surface area contributed by atoms with Crippen LogP contribution in [0.4, 0.5) is 4.79 Å². The Bertz CT molecular complexity index is 537. The normalized spacial score (nSPS) is 19.0. The fourth-order valence-corrected chi connectivity index (χ4v) is 2.96. The van der Waals surface area contributed by atoms with Gasteiger partial charge in [0.25, 0.3) is 0 Å². The summed E-state index contributed by atoms with van der Waals surface area (Å²) in [6.45, 7) is 10.1. The van der Waals surface area contributed by atoms with Crippen molar-refractivity contribution >= 4 is 17.9 Å². The van der Waals surface area contributed by atoms with Gasteiger partial charge in [0.2, 0.25) is 11.8 Å². The molecular formula is C19H33N3O4. The van der Waals surface area contributed by atoms with Crippen LogP contribution < -0.4 is 11.1 Å². The summed E-state index contributed by atoms with van der Waals surface area (Å²) in [5, 5.41) is 2.83. The van der Waals surface area contributed by atoms with Gasteiger partial charge in [0, 0.05) is 13.0 Å². The third-order valence-corrected chi connectivity index (χ3v) is 3.99. The molecule has 1 aliphatic rings. The van der Waals surface area contributed by atoms with E-state index >= 15 is 0 Å². The maximum Gasteiger partial charge on any atom is 0.408 e. The first-order valence-corrected chi connectivity index (χ1v) is 9.24. The van der Waals surface area contributed by atoms with Crippen molar-refractivity contribution in [3.8, 4) is 0 Å². The van der Waals surface area contributed by atoms with E-state index in [0.29, 0.717) is 18.9 Å². The lowest BCUT2D eigenvalue weighted by atomic mass is 10.0. The largest absolute Gasteiger partial charge is 0.444 e. The highest BCUT2D eigenvalue weighted by Gasteiger charge is 2.31. The van der Waals surface area contributed by atoms with E-state index in [0.717, 1.165) is 12.8 Å². The van der Waals surface area contributed by atoms with Crippen LogP contribution in [0.2, 0.25) is 0 Å². The smallest absolute Gasteiger partial charge is 0.408 e. The number of amides is 3. The Morgan fingerprint density at radius 3 is 2.50 bits per heavy atom. The van der Waals surface area contributed by atoms with E-state index in [1.807, 2.05) is 26.8 Å². The predicted molar refractivity (Wildman–Crippen MR) is 100 cm³/mol. The maximum atomic E-state index is 12.3. The highest BCUT2D eigenvalue weighted by Crippen LogP contribution is 2.18. The fraction of sp³-hybridized carbons (Fsp3) is 0.737. The molecule has 1 rings (SSSR count). The van der Waals surface area contributed by atoms with Gasteiger partial charge < -0.3 is 20.7 Å². The lowest BCUT2D eigenvalue weighted by molar-refractivity contribution is -0.136. The van der Waals surface area contributed by atoms with Gasteiger partial charge in [0.15, 0.2) is 0 Å². The number of nitrogens with zero attached hydrogens (tertiary/aromatic N) is 1. The van der Waals surface area contributed by atoms with Gasteiger partial charge in [-0.25, -0.2) is 4.79 Å². The molecule has 0 bridgehead atoms. The van der Waals surface area contributed by atoms with Crippen molar-refractivity contribution in [2.24, 2.45) is 11.7 Å². The van der Waals surface area contributed by atoms with E-state index in [-0.39, 0.29) is 18.4 Å². The van der Waals surface area contributed by atoms with Gasteiger partial charge in [0.1, 0.15) is 11.6 Å². The van der Waals surface area contributed by atoms with E-state index in [4.69, 9.17) is 10.5 Å². The minimum atomic E-state index is -0.564. The SMILES string of the molecule is CC(C)C[C@@H](/C=C/CC(=O)N1CCC[C@H]1C(N)=O)NC(=O)OC(C)(C)C. The quantitative estimate of drug-likeness (QED) is 0.674. The van der Waals surface area contributed by atoms with Crippen molar-refractivity contribution in [2.45, 2.75) is 78.0 Å². The fourth-order valence-electron chi connectivity index (χ4n) is 2.96. The first-order valence-electron chi connectivity index (χ1n) is 9.24. The van der Waals surface area contributed by atoms with Gasteiger partial charge in [-0.15, -0.1) is 0 Å². The van der Waals surface area contributed by atoms with Crippen molar-refractivity contribution in [3.05, 3.63) is 12.2 Å². The van der Waals surface area contributed by atoms with Crippen molar-refractivity contribution in [1.29, 1.82) is 0 Å². The summed E-state index contributed by atoms with van der Waals surface area (Å²) in [5.41, 5.74) is 4.79. The molecule has 1 aliphatic heterocycles. The number of nitrogens with two attached hydrogens (primary N) is 1. The van der Waals surface area contributed by atoms with E-state index in [2.05, 4.69) is 19.2 Å². The summed E-state index contributed by atoms with van der Waals surface area (Å²) >= 11 is 0. The van der Waals surface area contributed by atoms with E-state index in [9.17, 15) is 14.4 Å². The molecule has 1 heterocycles. The minimum absolute atomic E-state index is 0.122. The van der Waals surface area contributed by atoms with E-state index in [1.165, 1.54) is 0 Å². The molecule has 1 fully saturated rings. The average Bonchev–Trinajstić information content (AvgIpc) is 2.93. The zero-order chi connectivity index (χ0) is 19.9. The number of rotatable bonds is 7. The van der Waals surface area contributed by atoms with Crippen LogP contribution >= 0.6 is 0 Å². The summed E-state index contributed by atoms with van der Waals surface area (Å²) < 4.78 is 5.29. The number of ether oxygens (including phenoxy) is 1. The average molecular weight is 367 g/mol. The number of primary amides is 1. The lowest BCUT2D eigenvalue weighted by Crippen LogP contribution is -2.43. The van der Waals surface area contributed by atoms with E-state index in [1.54, 1.807) is 11.0 Å². The monoisotopic (exact) mass is 367 g/mol. The van der Waals surface area contributed by atoms with Gasteiger partial charge >= 0.3 is 6.09 Å². The van der Waals surface area contributed by atoms with Gasteiger partial charge in [-0.05, 0) is 46.0 Å². The first-order chi connectivity index (χ1) is 12.0. The third kappa shape index (κ3) is 7.89. The number of nitrogens with one attached hydrogen (secondary N) is 1. The first kappa shape index (κ1) is 22.0. The summed E-state index contributed by atoms with van der Waals surface area (Å²) in [6, 6.07) is -0.717. The molecule has 7 nitrogen and oxygen atoms in total. The Labute approximate surface area is 156 Å². The van der Waals surface area contributed by atoms with E-state index < -0.39 is 23.6 Å². The standard InChI is InChI=1S/C19H33N3O4/c1-13(2)12-14(21-18(25)26-19(3,4)5)8-6-10-16(23)22-11-7-9-15(22)17(20)24/h6,8,13-15H,7,9-12H2,1-5H3,(H2,20,24)(H,21,25)/b8-6+/t14-,15+/m1/s1. The molecule has 148 valence electrons. The van der Waals surface area contributed by atoms with Crippen molar-refractivity contribution in [2.75, 3.05) is 6.54 Å². The van der Waals surface area contributed by atoms with Gasteiger partial charge in [-0.3, -0.25) is 9.59 Å².